The smallest absolute Gasteiger partial charge is 0.264 e. The quantitative estimate of drug-likeness (QED) is 0.140. The normalized spacial score (nSPS) is 23.9. The predicted octanol–water partition coefficient (Wildman–Crippen LogP) is 9.44. The molecule has 0 unspecified atom stereocenters. The maximum absolute atomic E-state index is 14.8. The predicted molar refractivity (Wildman–Crippen MR) is 268 cm³/mol. The molecule has 8 heterocycles. The summed E-state index contributed by atoms with van der Waals surface area (Å²) in [6.07, 6.45) is 13.2. The van der Waals surface area contributed by atoms with Crippen LogP contribution in [0.5, 0.6) is 5.88 Å². The largest absolute Gasteiger partial charge is 0.473 e. The van der Waals surface area contributed by atoms with Crippen LogP contribution in [0.25, 0.3) is 11.1 Å². The van der Waals surface area contributed by atoms with Gasteiger partial charge in [-0.1, -0.05) is 11.6 Å². The number of benzene rings is 2. The molecular formula is C54H63ClF2N12O2. The fourth-order valence-electron chi connectivity index (χ4n) is 13.6. The molecule has 1 amide bonds. The molecule has 0 N–H and O–H groups in total. The van der Waals surface area contributed by atoms with Gasteiger partial charge in [-0.05, 0) is 136 Å². The number of aryl methyl sites for hydroxylation is 2. The van der Waals surface area contributed by atoms with E-state index in [4.69, 9.17) is 21.4 Å². The molecule has 372 valence electrons. The highest BCUT2D eigenvalue weighted by molar-refractivity contribution is 6.32. The number of amides is 1. The maximum Gasteiger partial charge on any atom is 0.264 e. The van der Waals surface area contributed by atoms with Gasteiger partial charge in [0.2, 0.25) is 11.8 Å². The first-order chi connectivity index (χ1) is 34.3. The highest BCUT2D eigenvalue weighted by Gasteiger charge is 2.50. The molecule has 3 saturated heterocycles. The summed E-state index contributed by atoms with van der Waals surface area (Å²) in [5, 5.41) is 28.7. The Morgan fingerprint density at radius 1 is 0.930 bits per heavy atom. The molecule has 2 saturated carbocycles. The lowest BCUT2D eigenvalue weighted by atomic mass is 9.60. The SMILES string of the molecule is CC(=O)N1CCc2c(c(N3CCCc4cc(-c5cnn(C)c5)c(C(F)F)cc43)nn2C2CC3(CCN(C4CC(Oc5ccc(N6CCC7(CC6)C[C@H](C)N(c6ccc(C#N)c(Cl)c6)C7)nn5)C4)CC3)C2)C1. The van der Waals surface area contributed by atoms with Crippen molar-refractivity contribution in [2.24, 2.45) is 17.9 Å². The van der Waals surface area contributed by atoms with E-state index in [2.05, 4.69) is 58.6 Å². The Morgan fingerprint density at radius 3 is 2.41 bits per heavy atom. The van der Waals surface area contributed by atoms with Crippen molar-refractivity contribution >= 4 is 40.5 Å². The van der Waals surface area contributed by atoms with Crippen molar-refractivity contribution < 1.29 is 18.3 Å². The topological polar surface area (TPSA) is 128 Å². The van der Waals surface area contributed by atoms with E-state index in [0.29, 0.717) is 64.7 Å². The Labute approximate surface area is 419 Å². The fraction of sp³-hybridized carbons (Fsp3) is 0.556. The number of nitrogens with zero attached hydrogens (tertiary/aromatic N) is 12. The molecule has 2 spiro atoms. The number of ether oxygens (including phenoxy) is 1. The van der Waals surface area contributed by atoms with E-state index in [1.54, 1.807) is 37.1 Å². The van der Waals surface area contributed by atoms with E-state index in [1.165, 1.54) is 18.5 Å². The molecule has 0 radical (unpaired) electrons. The van der Waals surface area contributed by atoms with Crippen LogP contribution >= 0.6 is 11.6 Å². The van der Waals surface area contributed by atoms with Crippen LogP contribution < -0.4 is 19.4 Å². The molecule has 12 rings (SSSR count). The lowest BCUT2D eigenvalue weighted by molar-refractivity contribution is -0.129. The van der Waals surface area contributed by atoms with E-state index < -0.39 is 6.43 Å². The number of piperidine rings is 2. The highest BCUT2D eigenvalue weighted by Crippen LogP contribution is 2.56. The van der Waals surface area contributed by atoms with Crippen LogP contribution in [-0.4, -0.2) is 109 Å². The van der Waals surface area contributed by atoms with Gasteiger partial charge < -0.3 is 29.2 Å². The number of rotatable bonds is 9. The Hall–Kier alpha value is -5.79. The molecular weight excluding hydrogens is 922 g/mol. The zero-order chi connectivity index (χ0) is 48.8. The van der Waals surface area contributed by atoms with Gasteiger partial charge in [0, 0.05) is 124 Å². The highest BCUT2D eigenvalue weighted by atomic mass is 35.5. The van der Waals surface area contributed by atoms with Gasteiger partial charge >= 0.3 is 0 Å². The molecule has 71 heavy (non-hydrogen) atoms. The van der Waals surface area contributed by atoms with Crippen LogP contribution in [0.15, 0.2) is 54.9 Å². The van der Waals surface area contributed by atoms with Crippen molar-refractivity contribution in [3.8, 4) is 23.1 Å². The number of aromatic nitrogens is 6. The first kappa shape index (κ1) is 46.3. The molecule has 5 fully saturated rings. The molecule has 1 atom stereocenters. The fourth-order valence-corrected chi connectivity index (χ4v) is 13.8. The summed E-state index contributed by atoms with van der Waals surface area (Å²) in [7, 11) is 1.80. The van der Waals surface area contributed by atoms with Gasteiger partial charge in [-0.15, -0.1) is 10.2 Å². The summed E-state index contributed by atoms with van der Waals surface area (Å²) in [4.78, 5) is 24.3. The van der Waals surface area contributed by atoms with E-state index in [0.717, 1.165) is 131 Å². The summed E-state index contributed by atoms with van der Waals surface area (Å²) >= 11 is 6.41. The van der Waals surface area contributed by atoms with Crippen molar-refractivity contribution in [2.45, 2.75) is 128 Å². The molecule has 0 bridgehead atoms. The summed E-state index contributed by atoms with van der Waals surface area (Å²) in [5.41, 5.74) is 7.46. The molecule has 3 aromatic heterocycles. The van der Waals surface area contributed by atoms with Gasteiger partial charge in [-0.25, -0.2) is 8.78 Å². The van der Waals surface area contributed by atoms with E-state index >= 15 is 0 Å². The van der Waals surface area contributed by atoms with Crippen LogP contribution in [0.3, 0.4) is 0 Å². The van der Waals surface area contributed by atoms with Gasteiger partial charge in [0.15, 0.2) is 11.6 Å². The third kappa shape index (κ3) is 8.48. The lowest BCUT2D eigenvalue weighted by Crippen LogP contribution is -2.55. The molecule has 2 aromatic carbocycles. The minimum absolute atomic E-state index is 0.00281. The minimum Gasteiger partial charge on any atom is -0.473 e. The number of carbonyl (C=O) groups excluding carboxylic acids is 1. The summed E-state index contributed by atoms with van der Waals surface area (Å²) in [6, 6.07) is 16.8. The minimum atomic E-state index is -2.64. The molecule has 5 aliphatic heterocycles. The second kappa shape index (κ2) is 18.1. The van der Waals surface area contributed by atoms with Crippen molar-refractivity contribution in [3.63, 3.8) is 0 Å². The number of carbonyl (C=O) groups is 1. The van der Waals surface area contributed by atoms with E-state index in [9.17, 15) is 18.8 Å². The zero-order valence-corrected chi connectivity index (χ0v) is 41.8. The van der Waals surface area contributed by atoms with Crippen LogP contribution in [0.2, 0.25) is 5.02 Å². The number of anilines is 4. The second-order valence-corrected chi connectivity index (χ2v) is 22.5. The average Bonchev–Trinajstić information content (AvgIpc) is 4.05. The van der Waals surface area contributed by atoms with Crippen molar-refractivity contribution in [3.05, 3.63) is 87.8 Å². The van der Waals surface area contributed by atoms with E-state index in [-0.39, 0.29) is 29.0 Å². The second-order valence-electron chi connectivity index (χ2n) is 22.0. The van der Waals surface area contributed by atoms with Crippen molar-refractivity contribution in [1.82, 2.24) is 39.6 Å². The van der Waals surface area contributed by atoms with Crippen LogP contribution in [0, 0.1) is 22.2 Å². The molecule has 14 nitrogen and oxygen atoms in total. The summed E-state index contributed by atoms with van der Waals surface area (Å²) in [6.45, 7) is 10.8. The maximum atomic E-state index is 14.8. The van der Waals surface area contributed by atoms with Gasteiger partial charge in [0.25, 0.3) is 6.43 Å². The number of nitriles is 1. The zero-order valence-electron chi connectivity index (χ0n) is 41.0. The monoisotopic (exact) mass is 984 g/mol. The molecule has 5 aromatic rings. The Kier molecular flexibility index (Phi) is 11.8. The number of likely N-dealkylation sites (tertiary alicyclic amines) is 1. The van der Waals surface area contributed by atoms with Crippen molar-refractivity contribution in [2.75, 3.05) is 60.5 Å². The van der Waals surface area contributed by atoms with E-state index in [1.807, 2.05) is 35.2 Å². The first-order valence-corrected chi connectivity index (χ1v) is 26.2. The summed E-state index contributed by atoms with van der Waals surface area (Å²) < 4.78 is 39.9. The van der Waals surface area contributed by atoms with Crippen LogP contribution in [0.4, 0.5) is 31.8 Å². The number of halogens is 3. The number of fused-ring (bicyclic) bond motifs is 2. The van der Waals surface area contributed by atoms with Crippen LogP contribution in [-0.2, 0) is 31.2 Å². The van der Waals surface area contributed by atoms with Gasteiger partial charge in [0.05, 0.1) is 29.4 Å². The molecule has 17 heteroatoms. The third-order valence-corrected chi connectivity index (χ3v) is 18.1. The number of hydrogen-bond acceptors (Lipinski definition) is 11. The summed E-state index contributed by atoms with van der Waals surface area (Å²) in [5.74, 6) is 2.36. The van der Waals surface area contributed by atoms with Gasteiger partial charge in [-0.3, -0.25) is 14.2 Å². The third-order valence-electron chi connectivity index (χ3n) is 17.7. The van der Waals surface area contributed by atoms with Crippen molar-refractivity contribution in [1.29, 1.82) is 5.26 Å². The number of alkyl halides is 2. The Bertz CT molecular complexity index is 2870. The molecule has 2 aliphatic carbocycles. The standard InChI is InChI=1S/C54H63ClF2N12O2/c1-34-26-54(33-68(34)39-7-6-37(29-58)46(55)24-39)13-19-65(20-14-54)49-8-9-50(61-60-49)71-42-22-40(23-42)64-17-11-53(12-18-64)27-41(28-53)69-47-10-16-66(35(2)70)32-45(47)52(62-69)67-15-4-5-36-21-43(38-30-59-63(3)31-38)44(51(56)57)25-48(36)67/h6-9,21,24-25,30-31,34,40-42,51H,4-5,10-20,22-23,26-28,32-33H2,1-3H3/t34-,40?,42?/m0/s1. The Morgan fingerprint density at radius 2 is 1.72 bits per heavy atom. The Balaban J connectivity index is 0.642. The first-order valence-electron chi connectivity index (χ1n) is 25.9. The van der Waals surface area contributed by atoms with Gasteiger partial charge in [0.1, 0.15) is 12.2 Å². The number of hydrogen-bond donors (Lipinski definition) is 0. The van der Waals surface area contributed by atoms with Crippen LogP contribution in [0.1, 0.15) is 118 Å². The lowest BCUT2D eigenvalue weighted by Gasteiger charge is -2.55. The van der Waals surface area contributed by atoms with Gasteiger partial charge in [-0.2, -0.15) is 15.5 Å². The molecule has 7 aliphatic rings. The average molecular weight is 986 g/mol.